The van der Waals surface area contributed by atoms with Crippen LogP contribution in [0.15, 0.2) is 24.4 Å². The molecule has 1 atom stereocenters. The molecule has 0 spiro atoms. The average Bonchev–Trinajstić information content (AvgIpc) is 2.05. The van der Waals surface area contributed by atoms with Gasteiger partial charge in [0, 0.05) is 13.1 Å². The third-order valence-electron chi connectivity index (χ3n) is 1.37. The summed E-state index contributed by atoms with van der Waals surface area (Å²) >= 11 is 0. The lowest BCUT2D eigenvalue weighted by molar-refractivity contribution is -0.119. The molecule has 0 radical (unpaired) electrons. The van der Waals surface area contributed by atoms with Crippen molar-refractivity contribution in [3.05, 3.63) is 30.1 Å². The Morgan fingerprint density at radius 3 is 2.92 bits per heavy atom. The number of carbonyl (C=O) groups is 1. The molecular weight excluding hydrogens is 154 g/mol. The van der Waals surface area contributed by atoms with E-state index in [0.717, 1.165) is 0 Å². The fourth-order valence-electron chi connectivity index (χ4n) is 0.853. The summed E-state index contributed by atoms with van der Waals surface area (Å²) in [6.07, 6.45) is 1.13. The first-order valence-electron chi connectivity index (χ1n) is 3.64. The first kappa shape index (κ1) is 8.67. The van der Waals surface area contributed by atoms with Gasteiger partial charge in [0.1, 0.15) is 6.17 Å². The summed E-state index contributed by atoms with van der Waals surface area (Å²) in [7, 11) is 0. The van der Waals surface area contributed by atoms with E-state index in [1.807, 2.05) is 6.07 Å². The Morgan fingerprint density at radius 2 is 2.42 bits per heavy atom. The zero-order valence-electron chi connectivity index (χ0n) is 6.82. The van der Waals surface area contributed by atoms with Crippen LogP contribution in [-0.4, -0.2) is 10.9 Å². The molecule has 0 aliphatic rings. The van der Waals surface area contributed by atoms with E-state index >= 15 is 0 Å². The second-order valence-corrected chi connectivity index (χ2v) is 2.43. The molecule has 4 heteroatoms. The maximum Gasteiger partial charge on any atom is 0.218 e. The van der Waals surface area contributed by atoms with Gasteiger partial charge in [0.15, 0.2) is 0 Å². The highest BCUT2D eigenvalue weighted by Crippen LogP contribution is 2.00. The molecule has 64 valence electrons. The molecule has 1 heterocycles. The Kier molecular flexibility index (Phi) is 2.76. The quantitative estimate of drug-likeness (QED) is 0.614. The minimum Gasteiger partial charge on any atom is -0.336 e. The molecule has 0 saturated heterocycles. The van der Waals surface area contributed by atoms with Crippen molar-refractivity contribution in [1.82, 2.24) is 10.3 Å². The van der Waals surface area contributed by atoms with Crippen molar-refractivity contribution in [2.45, 2.75) is 13.1 Å². The van der Waals surface area contributed by atoms with E-state index in [1.54, 1.807) is 18.3 Å². The van der Waals surface area contributed by atoms with E-state index in [0.29, 0.717) is 5.69 Å². The Balaban J connectivity index is 2.65. The number of hydrogen-bond acceptors (Lipinski definition) is 3. The summed E-state index contributed by atoms with van der Waals surface area (Å²) < 4.78 is 0. The number of amides is 1. The van der Waals surface area contributed by atoms with Gasteiger partial charge in [0.2, 0.25) is 5.91 Å². The standard InChI is InChI=1S/C8H11N3O/c1-6(12)11-8(9)7-4-2-3-5-10-7/h2-5,8H,9H2,1H3,(H,11,12). The topological polar surface area (TPSA) is 68.0 Å². The first-order valence-corrected chi connectivity index (χ1v) is 3.64. The van der Waals surface area contributed by atoms with Crippen molar-refractivity contribution < 1.29 is 4.79 Å². The van der Waals surface area contributed by atoms with E-state index in [2.05, 4.69) is 10.3 Å². The Hall–Kier alpha value is -1.42. The summed E-state index contributed by atoms with van der Waals surface area (Å²) in [6.45, 7) is 1.42. The number of nitrogens with two attached hydrogens (primary N) is 1. The van der Waals surface area contributed by atoms with Gasteiger partial charge in [-0.2, -0.15) is 0 Å². The molecule has 1 aromatic rings. The zero-order valence-corrected chi connectivity index (χ0v) is 6.82. The summed E-state index contributed by atoms with van der Waals surface area (Å²) in [5, 5.41) is 2.54. The minimum absolute atomic E-state index is 0.159. The third-order valence-corrected chi connectivity index (χ3v) is 1.37. The number of hydrogen-bond donors (Lipinski definition) is 2. The largest absolute Gasteiger partial charge is 0.336 e. The van der Waals surface area contributed by atoms with E-state index in [9.17, 15) is 4.79 Å². The fraction of sp³-hybridized carbons (Fsp3) is 0.250. The van der Waals surface area contributed by atoms with Crippen LogP contribution in [0.3, 0.4) is 0 Å². The number of aromatic nitrogens is 1. The number of carbonyl (C=O) groups excluding carboxylic acids is 1. The van der Waals surface area contributed by atoms with Crippen molar-refractivity contribution in [2.24, 2.45) is 5.73 Å². The van der Waals surface area contributed by atoms with Crippen molar-refractivity contribution in [3.8, 4) is 0 Å². The van der Waals surface area contributed by atoms with Gasteiger partial charge < -0.3 is 11.1 Å². The van der Waals surface area contributed by atoms with Crippen LogP contribution in [0.4, 0.5) is 0 Å². The Bertz CT molecular complexity index is 260. The second kappa shape index (κ2) is 3.82. The van der Waals surface area contributed by atoms with E-state index in [4.69, 9.17) is 5.73 Å². The van der Waals surface area contributed by atoms with Gasteiger partial charge in [-0.05, 0) is 12.1 Å². The summed E-state index contributed by atoms with van der Waals surface area (Å²) in [5.41, 5.74) is 6.26. The third kappa shape index (κ3) is 2.32. The van der Waals surface area contributed by atoms with Crippen LogP contribution < -0.4 is 11.1 Å². The summed E-state index contributed by atoms with van der Waals surface area (Å²) in [6, 6.07) is 5.38. The normalized spacial score (nSPS) is 12.2. The highest BCUT2D eigenvalue weighted by Gasteiger charge is 2.05. The number of pyridine rings is 1. The highest BCUT2D eigenvalue weighted by molar-refractivity contribution is 5.73. The molecule has 0 aliphatic heterocycles. The predicted octanol–water partition coefficient (Wildman–Crippen LogP) is 0.175. The number of rotatable bonds is 2. The monoisotopic (exact) mass is 165 g/mol. The molecule has 0 saturated carbocycles. The molecule has 12 heavy (non-hydrogen) atoms. The van der Waals surface area contributed by atoms with Crippen LogP contribution in [0, 0.1) is 0 Å². The zero-order chi connectivity index (χ0) is 8.97. The summed E-state index contributed by atoms with van der Waals surface area (Å²) in [4.78, 5) is 14.6. The van der Waals surface area contributed by atoms with Crippen LogP contribution in [0.25, 0.3) is 0 Å². The predicted molar refractivity (Wildman–Crippen MR) is 45.0 cm³/mol. The van der Waals surface area contributed by atoms with Crippen molar-refractivity contribution in [2.75, 3.05) is 0 Å². The van der Waals surface area contributed by atoms with Crippen molar-refractivity contribution in [1.29, 1.82) is 0 Å². The number of nitrogens with zero attached hydrogens (tertiary/aromatic N) is 1. The van der Waals surface area contributed by atoms with Crippen LogP contribution >= 0.6 is 0 Å². The molecule has 1 amide bonds. The lowest BCUT2D eigenvalue weighted by Crippen LogP contribution is -2.32. The molecule has 1 aromatic heterocycles. The van der Waals surface area contributed by atoms with Crippen LogP contribution in [0.1, 0.15) is 18.8 Å². The van der Waals surface area contributed by atoms with E-state index in [1.165, 1.54) is 6.92 Å². The molecule has 3 N–H and O–H groups in total. The fourth-order valence-corrected chi connectivity index (χ4v) is 0.853. The van der Waals surface area contributed by atoms with Gasteiger partial charge >= 0.3 is 0 Å². The smallest absolute Gasteiger partial charge is 0.218 e. The summed E-state index contributed by atoms with van der Waals surface area (Å²) in [5.74, 6) is -0.159. The van der Waals surface area contributed by atoms with Crippen LogP contribution in [0.5, 0.6) is 0 Å². The van der Waals surface area contributed by atoms with Gasteiger partial charge in [-0.15, -0.1) is 0 Å². The molecular formula is C8H11N3O. The SMILES string of the molecule is CC(=O)NC(N)c1ccccn1. The molecule has 1 rings (SSSR count). The van der Waals surface area contributed by atoms with Gasteiger partial charge in [-0.3, -0.25) is 9.78 Å². The van der Waals surface area contributed by atoms with Crippen molar-refractivity contribution >= 4 is 5.91 Å². The lowest BCUT2D eigenvalue weighted by atomic mass is 10.3. The minimum atomic E-state index is -0.510. The Morgan fingerprint density at radius 1 is 1.67 bits per heavy atom. The maximum absolute atomic E-state index is 10.6. The van der Waals surface area contributed by atoms with Crippen LogP contribution in [-0.2, 0) is 4.79 Å². The van der Waals surface area contributed by atoms with Gasteiger partial charge in [0.05, 0.1) is 5.69 Å². The van der Waals surface area contributed by atoms with E-state index < -0.39 is 6.17 Å². The molecule has 0 aliphatic carbocycles. The molecule has 0 aromatic carbocycles. The molecule has 0 bridgehead atoms. The molecule has 0 fully saturated rings. The molecule has 1 unspecified atom stereocenters. The average molecular weight is 165 g/mol. The first-order chi connectivity index (χ1) is 5.70. The van der Waals surface area contributed by atoms with Crippen molar-refractivity contribution in [3.63, 3.8) is 0 Å². The maximum atomic E-state index is 10.6. The van der Waals surface area contributed by atoms with Gasteiger partial charge in [0.25, 0.3) is 0 Å². The van der Waals surface area contributed by atoms with Gasteiger partial charge in [-0.1, -0.05) is 6.07 Å². The second-order valence-electron chi connectivity index (χ2n) is 2.43. The lowest BCUT2D eigenvalue weighted by Gasteiger charge is -2.10. The molecule has 4 nitrogen and oxygen atoms in total. The Labute approximate surface area is 70.8 Å². The van der Waals surface area contributed by atoms with E-state index in [-0.39, 0.29) is 5.91 Å². The van der Waals surface area contributed by atoms with Crippen LogP contribution in [0.2, 0.25) is 0 Å². The van der Waals surface area contributed by atoms with Gasteiger partial charge in [-0.25, -0.2) is 0 Å². The highest BCUT2D eigenvalue weighted by atomic mass is 16.1. The number of nitrogens with one attached hydrogen (secondary N) is 1.